The Morgan fingerprint density at radius 2 is 2.00 bits per heavy atom. The molecular weight excluding hydrogens is 276 g/mol. The van der Waals surface area contributed by atoms with E-state index >= 15 is 0 Å². The zero-order chi connectivity index (χ0) is 15.5. The third-order valence-electron chi connectivity index (χ3n) is 4.51. The van der Waals surface area contributed by atoms with Crippen LogP contribution in [0.5, 0.6) is 0 Å². The van der Waals surface area contributed by atoms with E-state index in [0.29, 0.717) is 12.6 Å². The Bertz CT molecular complexity index is 501. The van der Waals surface area contributed by atoms with Crippen LogP contribution in [0.1, 0.15) is 38.4 Å². The summed E-state index contributed by atoms with van der Waals surface area (Å²) in [5, 5.41) is 0. The molecule has 4 heteroatoms. The van der Waals surface area contributed by atoms with Crippen molar-refractivity contribution >= 4 is 5.91 Å². The molecule has 1 aromatic rings. The fourth-order valence-electron chi connectivity index (χ4n) is 3.33. The van der Waals surface area contributed by atoms with Crippen LogP contribution in [-0.2, 0) is 9.53 Å². The molecule has 0 spiro atoms. The van der Waals surface area contributed by atoms with Crippen LogP contribution >= 0.6 is 0 Å². The van der Waals surface area contributed by atoms with Gasteiger partial charge < -0.3 is 9.64 Å². The third-order valence-corrected chi connectivity index (χ3v) is 4.51. The summed E-state index contributed by atoms with van der Waals surface area (Å²) < 4.78 is 6.06. The average molecular weight is 302 g/mol. The van der Waals surface area contributed by atoms with E-state index in [2.05, 4.69) is 30.9 Å². The van der Waals surface area contributed by atoms with E-state index in [-0.39, 0.29) is 18.1 Å². The number of ether oxygens (including phenoxy) is 1. The topological polar surface area (TPSA) is 32.8 Å². The lowest BCUT2D eigenvalue weighted by Crippen LogP contribution is -2.48. The van der Waals surface area contributed by atoms with Crippen LogP contribution in [0.2, 0.25) is 0 Å². The molecule has 0 bridgehead atoms. The zero-order valence-corrected chi connectivity index (χ0v) is 13.6. The van der Waals surface area contributed by atoms with Gasteiger partial charge in [0.2, 0.25) is 5.91 Å². The number of rotatable bonds is 5. The van der Waals surface area contributed by atoms with E-state index in [0.717, 1.165) is 19.6 Å². The molecule has 2 aliphatic rings. The van der Waals surface area contributed by atoms with Gasteiger partial charge in [-0.25, -0.2) is 0 Å². The minimum absolute atomic E-state index is 0.0637. The first-order valence-electron chi connectivity index (χ1n) is 8.39. The normalized spacial score (nSPS) is 25.9. The highest BCUT2D eigenvalue weighted by atomic mass is 16.5. The van der Waals surface area contributed by atoms with Gasteiger partial charge in [0.1, 0.15) is 0 Å². The first-order chi connectivity index (χ1) is 10.7. The SMILES string of the molecule is CCN(C(=O)CN1C[C@@H](C)O[C@H](c2ccccc2)C1)C1CC1. The number of hydrogen-bond donors (Lipinski definition) is 0. The van der Waals surface area contributed by atoms with Gasteiger partial charge in [-0.05, 0) is 32.3 Å². The Labute approximate surface area is 133 Å². The van der Waals surface area contributed by atoms with Gasteiger partial charge in [0, 0.05) is 25.7 Å². The molecule has 2 atom stereocenters. The Balaban J connectivity index is 1.62. The van der Waals surface area contributed by atoms with Gasteiger partial charge in [0.05, 0.1) is 18.8 Å². The maximum atomic E-state index is 12.5. The molecule has 2 fully saturated rings. The van der Waals surface area contributed by atoms with Crippen molar-refractivity contribution in [3.8, 4) is 0 Å². The quantitative estimate of drug-likeness (QED) is 0.837. The molecular formula is C18H26N2O2. The lowest BCUT2D eigenvalue weighted by atomic mass is 10.1. The highest BCUT2D eigenvalue weighted by Crippen LogP contribution is 2.28. The third kappa shape index (κ3) is 3.68. The van der Waals surface area contributed by atoms with Crippen LogP contribution in [0.25, 0.3) is 0 Å². The van der Waals surface area contributed by atoms with Gasteiger partial charge in [-0.1, -0.05) is 30.3 Å². The minimum Gasteiger partial charge on any atom is -0.368 e. The highest BCUT2D eigenvalue weighted by molar-refractivity contribution is 5.79. The second-order valence-electron chi connectivity index (χ2n) is 6.45. The standard InChI is InChI=1S/C18H26N2O2/c1-3-20(16-9-10-16)18(21)13-19-11-14(2)22-17(12-19)15-7-5-4-6-8-15/h4-8,14,16-17H,3,9-13H2,1-2H3/t14-,17+/m1/s1. The number of morpholine rings is 1. The van der Waals surface area contributed by atoms with E-state index in [9.17, 15) is 4.79 Å². The Kier molecular flexibility index (Phi) is 4.79. The lowest BCUT2D eigenvalue weighted by Gasteiger charge is -2.37. The summed E-state index contributed by atoms with van der Waals surface area (Å²) in [4.78, 5) is 16.8. The van der Waals surface area contributed by atoms with Crippen molar-refractivity contribution < 1.29 is 9.53 Å². The number of amides is 1. The van der Waals surface area contributed by atoms with Gasteiger partial charge in [-0.15, -0.1) is 0 Å². The minimum atomic E-state index is 0.0637. The number of hydrogen-bond acceptors (Lipinski definition) is 3. The summed E-state index contributed by atoms with van der Waals surface area (Å²) in [5.74, 6) is 0.269. The molecule has 0 aromatic heterocycles. The second kappa shape index (κ2) is 6.80. The molecule has 1 saturated heterocycles. The fourth-order valence-corrected chi connectivity index (χ4v) is 3.33. The first kappa shape index (κ1) is 15.5. The number of benzene rings is 1. The molecule has 1 aromatic carbocycles. The van der Waals surface area contributed by atoms with Crippen molar-refractivity contribution in [2.24, 2.45) is 0 Å². The summed E-state index contributed by atoms with van der Waals surface area (Å²) in [6, 6.07) is 10.8. The summed E-state index contributed by atoms with van der Waals surface area (Å²) in [7, 11) is 0. The zero-order valence-electron chi connectivity index (χ0n) is 13.6. The highest BCUT2D eigenvalue weighted by Gasteiger charge is 2.33. The van der Waals surface area contributed by atoms with Crippen LogP contribution in [-0.4, -0.2) is 54.0 Å². The number of nitrogens with zero attached hydrogens (tertiary/aromatic N) is 2. The molecule has 0 N–H and O–H groups in total. The Morgan fingerprint density at radius 3 is 2.64 bits per heavy atom. The molecule has 1 amide bonds. The van der Waals surface area contributed by atoms with E-state index < -0.39 is 0 Å². The van der Waals surface area contributed by atoms with Gasteiger partial charge >= 0.3 is 0 Å². The van der Waals surface area contributed by atoms with Crippen LogP contribution in [0.15, 0.2) is 30.3 Å². The molecule has 1 aliphatic carbocycles. The number of carbonyl (C=O) groups is 1. The Morgan fingerprint density at radius 1 is 1.27 bits per heavy atom. The molecule has 1 aliphatic heterocycles. The average Bonchev–Trinajstić information content (AvgIpc) is 3.33. The van der Waals surface area contributed by atoms with E-state index in [1.807, 2.05) is 23.1 Å². The number of likely N-dealkylation sites (N-methyl/N-ethyl adjacent to an activating group) is 1. The molecule has 1 heterocycles. The summed E-state index contributed by atoms with van der Waals surface area (Å²) in [5.41, 5.74) is 1.20. The lowest BCUT2D eigenvalue weighted by molar-refractivity contribution is -0.137. The molecule has 1 saturated carbocycles. The van der Waals surface area contributed by atoms with Crippen molar-refractivity contribution in [2.75, 3.05) is 26.2 Å². The van der Waals surface area contributed by atoms with Gasteiger partial charge in [0.15, 0.2) is 0 Å². The van der Waals surface area contributed by atoms with Crippen molar-refractivity contribution in [3.05, 3.63) is 35.9 Å². The molecule has 0 unspecified atom stereocenters. The van der Waals surface area contributed by atoms with Crippen molar-refractivity contribution in [1.82, 2.24) is 9.80 Å². The summed E-state index contributed by atoms with van der Waals surface area (Å²) in [6.07, 6.45) is 2.56. The summed E-state index contributed by atoms with van der Waals surface area (Å²) in [6.45, 7) is 7.13. The molecule has 3 rings (SSSR count). The predicted octanol–water partition coefficient (Wildman–Crippen LogP) is 2.46. The largest absolute Gasteiger partial charge is 0.368 e. The van der Waals surface area contributed by atoms with Crippen LogP contribution in [0, 0.1) is 0 Å². The van der Waals surface area contributed by atoms with Crippen LogP contribution in [0.4, 0.5) is 0 Å². The summed E-state index contributed by atoms with van der Waals surface area (Å²) >= 11 is 0. The first-order valence-corrected chi connectivity index (χ1v) is 8.39. The maximum absolute atomic E-state index is 12.5. The van der Waals surface area contributed by atoms with Gasteiger partial charge in [0.25, 0.3) is 0 Å². The van der Waals surface area contributed by atoms with Crippen molar-refractivity contribution in [3.63, 3.8) is 0 Å². The molecule has 120 valence electrons. The molecule has 22 heavy (non-hydrogen) atoms. The molecule has 0 radical (unpaired) electrons. The van der Waals surface area contributed by atoms with Gasteiger partial charge in [-0.2, -0.15) is 0 Å². The number of carbonyl (C=O) groups excluding carboxylic acids is 1. The molecule has 4 nitrogen and oxygen atoms in total. The fraction of sp³-hybridized carbons (Fsp3) is 0.611. The maximum Gasteiger partial charge on any atom is 0.236 e. The van der Waals surface area contributed by atoms with Crippen LogP contribution < -0.4 is 0 Å². The van der Waals surface area contributed by atoms with E-state index in [1.54, 1.807) is 0 Å². The van der Waals surface area contributed by atoms with E-state index in [4.69, 9.17) is 4.74 Å². The monoisotopic (exact) mass is 302 g/mol. The van der Waals surface area contributed by atoms with E-state index in [1.165, 1.54) is 18.4 Å². The van der Waals surface area contributed by atoms with Gasteiger partial charge in [-0.3, -0.25) is 9.69 Å². The smallest absolute Gasteiger partial charge is 0.236 e. The van der Waals surface area contributed by atoms with Crippen LogP contribution in [0.3, 0.4) is 0 Å². The van der Waals surface area contributed by atoms with Crippen molar-refractivity contribution in [1.29, 1.82) is 0 Å². The Hall–Kier alpha value is -1.39. The predicted molar refractivity (Wildman–Crippen MR) is 86.6 cm³/mol. The second-order valence-corrected chi connectivity index (χ2v) is 6.45. The van der Waals surface area contributed by atoms with Crippen molar-refractivity contribution in [2.45, 2.75) is 44.9 Å².